The zero-order valence-electron chi connectivity index (χ0n) is 15.7. The molecule has 28 heavy (non-hydrogen) atoms. The summed E-state index contributed by atoms with van der Waals surface area (Å²) in [6.07, 6.45) is 0.557. The zero-order valence-corrected chi connectivity index (χ0v) is 15.7. The molecule has 1 aliphatic rings. The number of methoxy groups -OCH3 is 2. The molecule has 0 fully saturated rings. The highest BCUT2D eigenvalue weighted by atomic mass is 16.7. The van der Waals surface area contributed by atoms with Crippen molar-refractivity contribution in [1.82, 2.24) is 10.6 Å². The van der Waals surface area contributed by atoms with E-state index >= 15 is 0 Å². The molecule has 0 bridgehead atoms. The lowest BCUT2D eigenvalue weighted by Crippen LogP contribution is -2.40. The number of amides is 2. The summed E-state index contributed by atoms with van der Waals surface area (Å²) in [5.74, 6) is 1.19. The molecule has 0 unspecified atom stereocenters. The lowest BCUT2D eigenvalue weighted by molar-refractivity contribution is -0.139. The van der Waals surface area contributed by atoms with Crippen LogP contribution in [0.25, 0.3) is 0 Å². The zero-order chi connectivity index (χ0) is 19.9. The van der Waals surface area contributed by atoms with Crippen molar-refractivity contribution < 1.29 is 28.5 Å². The first-order valence-electron chi connectivity index (χ1n) is 8.76. The van der Waals surface area contributed by atoms with Crippen LogP contribution in [0, 0.1) is 0 Å². The van der Waals surface area contributed by atoms with Crippen LogP contribution in [-0.2, 0) is 22.6 Å². The maximum Gasteiger partial charge on any atom is 0.309 e. The van der Waals surface area contributed by atoms with Gasteiger partial charge in [-0.15, -0.1) is 0 Å². The van der Waals surface area contributed by atoms with Crippen LogP contribution in [-0.4, -0.2) is 39.4 Å². The van der Waals surface area contributed by atoms with Crippen molar-refractivity contribution in [2.75, 3.05) is 27.6 Å². The first-order valence-corrected chi connectivity index (χ1v) is 8.76. The molecule has 2 aromatic carbocycles. The Morgan fingerprint density at radius 1 is 0.893 bits per heavy atom. The van der Waals surface area contributed by atoms with Gasteiger partial charge in [0, 0.05) is 13.1 Å². The summed E-state index contributed by atoms with van der Waals surface area (Å²) in [6.45, 7) is 0.734. The predicted octanol–water partition coefficient (Wildman–Crippen LogP) is 1.41. The Hall–Kier alpha value is -3.42. The fraction of sp³-hybridized carbons (Fsp3) is 0.300. The van der Waals surface area contributed by atoms with E-state index in [-0.39, 0.29) is 13.3 Å². The molecule has 1 aliphatic heterocycles. The molecule has 0 spiro atoms. The predicted molar refractivity (Wildman–Crippen MR) is 101 cm³/mol. The highest BCUT2D eigenvalue weighted by molar-refractivity contribution is 6.35. The van der Waals surface area contributed by atoms with E-state index in [0.717, 1.165) is 11.1 Å². The Kier molecular flexibility index (Phi) is 6.21. The Labute approximate surface area is 162 Å². The van der Waals surface area contributed by atoms with Crippen molar-refractivity contribution >= 4 is 11.8 Å². The average Bonchev–Trinajstić information content (AvgIpc) is 3.19. The van der Waals surface area contributed by atoms with Gasteiger partial charge in [-0.05, 0) is 41.8 Å². The van der Waals surface area contributed by atoms with Crippen molar-refractivity contribution in [2.45, 2.75) is 13.0 Å². The second kappa shape index (κ2) is 8.98. The fourth-order valence-electron chi connectivity index (χ4n) is 2.75. The minimum absolute atomic E-state index is 0.188. The Morgan fingerprint density at radius 2 is 1.61 bits per heavy atom. The number of fused-ring (bicyclic) bond motifs is 1. The molecule has 1 heterocycles. The largest absolute Gasteiger partial charge is 0.493 e. The van der Waals surface area contributed by atoms with E-state index in [1.165, 1.54) is 0 Å². The van der Waals surface area contributed by atoms with Gasteiger partial charge in [0.05, 0.1) is 14.2 Å². The SMILES string of the molecule is COc1ccc(CCNC(=O)C(=O)NCc2ccc3c(c2)OCO3)cc1OC. The van der Waals surface area contributed by atoms with Crippen LogP contribution in [0.2, 0.25) is 0 Å². The van der Waals surface area contributed by atoms with Gasteiger partial charge in [-0.1, -0.05) is 12.1 Å². The smallest absolute Gasteiger partial charge is 0.309 e. The standard InChI is InChI=1S/C20H22N2O6/c1-25-15-5-3-13(9-17(15)26-2)7-8-21-19(23)20(24)22-11-14-4-6-16-18(10-14)28-12-27-16/h3-6,9-10H,7-8,11-12H2,1-2H3,(H,21,23)(H,22,24). The Balaban J connectivity index is 1.44. The number of nitrogens with one attached hydrogen (secondary N) is 2. The number of rotatable bonds is 7. The van der Waals surface area contributed by atoms with Crippen molar-refractivity contribution in [3.8, 4) is 23.0 Å². The van der Waals surface area contributed by atoms with Gasteiger partial charge >= 0.3 is 11.8 Å². The van der Waals surface area contributed by atoms with Crippen LogP contribution in [0.15, 0.2) is 36.4 Å². The van der Waals surface area contributed by atoms with E-state index in [4.69, 9.17) is 18.9 Å². The minimum atomic E-state index is -0.690. The molecule has 0 radical (unpaired) electrons. The minimum Gasteiger partial charge on any atom is -0.493 e. The monoisotopic (exact) mass is 386 g/mol. The third-order valence-corrected chi connectivity index (χ3v) is 4.24. The summed E-state index contributed by atoms with van der Waals surface area (Å²) in [6, 6.07) is 10.9. The normalized spacial score (nSPS) is 11.6. The number of ether oxygens (including phenoxy) is 4. The first-order chi connectivity index (χ1) is 13.6. The highest BCUT2D eigenvalue weighted by Gasteiger charge is 2.15. The van der Waals surface area contributed by atoms with Gasteiger partial charge in [0.15, 0.2) is 23.0 Å². The first kappa shape index (κ1) is 19.3. The van der Waals surface area contributed by atoms with E-state index in [9.17, 15) is 9.59 Å². The second-order valence-corrected chi connectivity index (χ2v) is 6.07. The van der Waals surface area contributed by atoms with Crippen LogP contribution >= 0.6 is 0 Å². The molecule has 0 atom stereocenters. The number of carbonyl (C=O) groups is 2. The van der Waals surface area contributed by atoms with Crippen molar-refractivity contribution in [1.29, 1.82) is 0 Å². The molecule has 2 aromatic rings. The van der Waals surface area contributed by atoms with Gasteiger partial charge in [-0.3, -0.25) is 9.59 Å². The molecule has 0 aromatic heterocycles. The molecule has 8 nitrogen and oxygen atoms in total. The van der Waals surface area contributed by atoms with Gasteiger partial charge in [-0.25, -0.2) is 0 Å². The van der Waals surface area contributed by atoms with E-state index in [0.29, 0.717) is 36.0 Å². The lowest BCUT2D eigenvalue weighted by Gasteiger charge is -2.10. The van der Waals surface area contributed by atoms with Gasteiger partial charge in [0.2, 0.25) is 6.79 Å². The summed E-state index contributed by atoms with van der Waals surface area (Å²) in [7, 11) is 3.13. The van der Waals surface area contributed by atoms with Gasteiger partial charge in [0.25, 0.3) is 0 Å². The topological polar surface area (TPSA) is 95.1 Å². The highest BCUT2D eigenvalue weighted by Crippen LogP contribution is 2.32. The molecule has 0 saturated heterocycles. The molecule has 0 saturated carbocycles. The van der Waals surface area contributed by atoms with Crippen molar-refractivity contribution in [2.24, 2.45) is 0 Å². The fourth-order valence-corrected chi connectivity index (χ4v) is 2.75. The van der Waals surface area contributed by atoms with Gasteiger partial charge in [0.1, 0.15) is 0 Å². The van der Waals surface area contributed by atoms with E-state index in [1.54, 1.807) is 32.4 Å². The summed E-state index contributed by atoms with van der Waals surface area (Å²) < 4.78 is 21.0. The summed E-state index contributed by atoms with van der Waals surface area (Å²) >= 11 is 0. The Bertz CT molecular complexity index is 868. The molecule has 0 aliphatic carbocycles. The molecule has 148 valence electrons. The average molecular weight is 386 g/mol. The molecule has 2 N–H and O–H groups in total. The maximum atomic E-state index is 12.0. The van der Waals surface area contributed by atoms with Crippen LogP contribution in [0.1, 0.15) is 11.1 Å². The van der Waals surface area contributed by atoms with Crippen LogP contribution in [0.4, 0.5) is 0 Å². The van der Waals surface area contributed by atoms with Gasteiger partial charge in [-0.2, -0.15) is 0 Å². The van der Waals surface area contributed by atoms with Crippen LogP contribution in [0.3, 0.4) is 0 Å². The third-order valence-electron chi connectivity index (χ3n) is 4.24. The summed E-state index contributed by atoms with van der Waals surface area (Å²) in [5, 5.41) is 5.20. The molecular weight excluding hydrogens is 364 g/mol. The van der Waals surface area contributed by atoms with E-state index in [2.05, 4.69) is 10.6 Å². The van der Waals surface area contributed by atoms with Crippen LogP contribution < -0.4 is 29.6 Å². The maximum absolute atomic E-state index is 12.0. The van der Waals surface area contributed by atoms with Crippen LogP contribution in [0.5, 0.6) is 23.0 Å². The van der Waals surface area contributed by atoms with Crippen molar-refractivity contribution in [3.63, 3.8) is 0 Å². The lowest BCUT2D eigenvalue weighted by atomic mass is 10.1. The van der Waals surface area contributed by atoms with Crippen molar-refractivity contribution in [3.05, 3.63) is 47.5 Å². The quantitative estimate of drug-likeness (QED) is 0.699. The molecular formula is C20H22N2O6. The summed E-state index contributed by atoms with van der Waals surface area (Å²) in [5.41, 5.74) is 1.77. The van der Waals surface area contributed by atoms with E-state index in [1.807, 2.05) is 18.2 Å². The number of benzene rings is 2. The number of hydrogen-bond acceptors (Lipinski definition) is 6. The number of hydrogen-bond donors (Lipinski definition) is 2. The molecule has 2 amide bonds. The number of carbonyl (C=O) groups excluding carboxylic acids is 2. The summed E-state index contributed by atoms with van der Waals surface area (Å²) in [4.78, 5) is 23.9. The second-order valence-electron chi connectivity index (χ2n) is 6.07. The molecule has 3 rings (SSSR count). The molecule has 8 heteroatoms. The van der Waals surface area contributed by atoms with Gasteiger partial charge < -0.3 is 29.6 Å². The van der Waals surface area contributed by atoms with E-state index < -0.39 is 11.8 Å². The Morgan fingerprint density at radius 3 is 2.39 bits per heavy atom. The third kappa shape index (κ3) is 4.64.